The number of ether oxygens (including phenoxy) is 1. The number of esters is 1. The predicted octanol–water partition coefficient (Wildman–Crippen LogP) is 5.30. The van der Waals surface area contributed by atoms with Gasteiger partial charge in [-0.3, -0.25) is 0 Å². The molecule has 160 valence electrons. The topological polar surface area (TPSA) is 66.8 Å². The summed E-state index contributed by atoms with van der Waals surface area (Å²) in [5, 5.41) is 19.1. The van der Waals surface area contributed by atoms with Gasteiger partial charge in [0.1, 0.15) is 0 Å². The van der Waals surface area contributed by atoms with Crippen LogP contribution in [-0.4, -0.2) is 29.1 Å². The highest BCUT2D eigenvalue weighted by atomic mass is 16.6. The van der Waals surface area contributed by atoms with Crippen LogP contribution in [0.3, 0.4) is 0 Å². The monoisotopic (exact) mass is 400 g/mol. The van der Waals surface area contributed by atoms with Crippen molar-refractivity contribution in [2.24, 2.45) is 5.41 Å². The molecule has 1 aliphatic carbocycles. The highest BCUT2D eigenvalue weighted by molar-refractivity contribution is 5.86. The summed E-state index contributed by atoms with van der Waals surface area (Å²) >= 11 is 0. The first kappa shape index (κ1) is 23.4. The Labute approximate surface area is 175 Å². The van der Waals surface area contributed by atoms with Gasteiger partial charge >= 0.3 is 5.97 Å². The lowest BCUT2D eigenvalue weighted by Gasteiger charge is -2.35. The Bertz CT molecular complexity index is 747. The second-order valence-electron chi connectivity index (χ2n) is 8.86. The van der Waals surface area contributed by atoms with Crippen molar-refractivity contribution in [2.45, 2.75) is 78.9 Å². The zero-order valence-corrected chi connectivity index (χ0v) is 18.3. The van der Waals surface area contributed by atoms with Crippen LogP contribution in [0.25, 0.3) is 0 Å². The van der Waals surface area contributed by atoms with Crippen molar-refractivity contribution in [1.82, 2.24) is 0 Å². The van der Waals surface area contributed by atoms with Crippen molar-refractivity contribution in [3.8, 4) is 0 Å². The van der Waals surface area contributed by atoms with Gasteiger partial charge in [-0.15, -0.1) is 0 Å². The molecule has 1 heterocycles. The Balaban J connectivity index is 1.83. The molecule has 1 aliphatic heterocycles. The third-order valence-corrected chi connectivity index (χ3v) is 6.03. The summed E-state index contributed by atoms with van der Waals surface area (Å²) in [7, 11) is 0. The summed E-state index contributed by atoms with van der Waals surface area (Å²) in [5.41, 5.74) is 6.30. The van der Waals surface area contributed by atoms with E-state index in [0.717, 1.165) is 31.3 Å². The van der Waals surface area contributed by atoms with E-state index in [9.17, 15) is 15.0 Å². The fourth-order valence-corrected chi connectivity index (χ4v) is 4.22. The number of carbonyl (C=O) groups excluding carboxylic acids is 1. The lowest BCUT2D eigenvalue weighted by Crippen LogP contribution is -2.20. The smallest absolute Gasteiger partial charge is 0.333 e. The van der Waals surface area contributed by atoms with Crippen molar-refractivity contribution in [2.75, 3.05) is 6.61 Å². The fourth-order valence-electron chi connectivity index (χ4n) is 4.22. The van der Waals surface area contributed by atoms with E-state index in [-0.39, 0.29) is 6.61 Å². The minimum atomic E-state index is -1.19. The fraction of sp³-hybridized carbons (Fsp3) is 0.560. The quantitative estimate of drug-likeness (QED) is 0.313. The first-order chi connectivity index (χ1) is 13.7. The summed E-state index contributed by atoms with van der Waals surface area (Å²) in [4.78, 5) is 11.1. The minimum absolute atomic E-state index is 0.00543. The van der Waals surface area contributed by atoms with E-state index in [1.807, 2.05) is 6.08 Å². The van der Waals surface area contributed by atoms with E-state index >= 15 is 0 Å². The second kappa shape index (κ2) is 10.7. The number of hydrogen-bond acceptors (Lipinski definition) is 4. The Hall–Kier alpha value is -1.91. The van der Waals surface area contributed by atoms with Crippen molar-refractivity contribution in [1.29, 1.82) is 0 Å². The zero-order chi connectivity index (χ0) is 21.4. The summed E-state index contributed by atoms with van der Waals surface area (Å²) in [6.07, 6.45) is 15.3. The third kappa shape index (κ3) is 7.13. The third-order valence-electron chi connectivity index (χ3n) is 6.03. The molecule has 0 bridgehead atoms. The average molecular weight is 401 g/mol. The van der Waals surface area contributed by atoms with Crippen LogP contribution in [0, 0.1) is 5.41 Å². The normalized spacial score (nSPS) is 23.0. The number of carbonyl (C=O) groups is 1. The predicted molar refractivity (Wildman–Crippen MR) is 117 cm³/mol. The molecule has 0 radical (unpaired) electrons. The van der Waals surface area contributed by atoms with Crippen LogP contribution in [0.5, 0.6) is 0 Å². The number of aliphatic hydroxyl groups is 2. The molecule has 4 nitrogen and oxygen atoms in total. The van der Waals surface area contributed by atoms with E-state index in [2.05, 4.69) is 38.5 Å². The largest absolute Gasteiger partial charge is 0.428 e. The summed E-state index contributed by atoms with van der Waals surface area (Å²) in [6, 6.07) is 0. The minimum Gasteiger partial charge on any atom is -0.428 e. The molecule has 29 heavy (non-hydrogen) atoms. The molecule has 0 aromatic heterocycles. The lowest BCUT2D eigenvalue weighted by molar-refractivity contribution is -0.150. The van der Waals surface area contributed by atoms with E-state index in [0.29, 0.717) is 11.0 Å². The molecule has 2 N–H and O–H groups in total. The molecule has 0 aromatic rings. The Morgan fingerprint density at radius 1 is 1.34 bits per heavy atom. The van der Waals surface area contributed by atoms with Crippen LogP contribution in [0.4, 0.5) is 0 Å². The molecular weight excluding hydrogens is 364 g/mol. The number of rotatable bonds is 9. The van der Waals surface area contributed by atoms with Crippen molar-refractivity contribution >= 4 is 5.97 Å². The number of aliphatic hydroxyl groups excluding tert-OH is 2. The molecule has 2 aliphatic rings. The number of hydrogen-bond donors (Lipinski definition) is 2. The van der Waals surface area contributed by atoms with Crippen LogP contribution >= 0.6 is 0 Å². The zero-order valence-electron chi connectivity index (χ0n) is 18.3. The van der Waals surface area contributed by atoms with Crippen molar-refractivity contribution in [3.63, 3.8) is 0 Å². The molecule has 0 aromatic carbocycles. The Kier molecular flexibility index (Phi) is 8.66. The first-order valence-corrected chi connectivity index (χ1v) is 10.6. The van der Waals surface area contributed by atoms with Gasteiger partial charge < -0.3 is 14.9 Å². The molecule has 0 saturated carbocycles. The van der Waals surface area contributed by atoms with Gasteiger partial charge in [0.25, 0.3) is 0 Å². The molecule has 1 atom stereocenters. The summed E-state index contributed by atoms with van der Waals surface area (Å²) in [5.74, 6) is -0.535. The van der Waals surface area contributed by atoms with Gasteiger partial charge in [0.2, 0.25) is 6.29 Å². The van der Waals surface area contributed by atoms with Crippen LogP contribution < -0.4 is 0 Å². The van der Waals surface area contributed by atoms with Crippen LogP contribution in [-0.2, 0) is 9.53 Å². The maximum atomic E-state index is 11.1. The van der Waals surface area contributed by atoms with Crippen molar-refractivity contribution < 1.29 is 19.7 Å². The number of allylic oxidation sites excluding steroid dienone is 6. The molecule has 2 rings (SSSR count). The van der Waals surface area contributed by atoms with Crippen molar-refractivity contribution in [3.05, 3.63) is 58.2 Å². The van der Waals surface area contributed by atoms with Crippen LogP contribution in [0.15, 0.2) is 58.2 Å². The molecule has 0 fully saturated rings. The molecular formula is C25H36O4. The number of cyclic esters (lactones) is 1. The Morgan fingerprint density at radius 2 is 2.10 bits per heavy atom. The van der Waals surface area contributed by atoms with Gasteiger partial charge in [-0.1, -0.05) is 54.9 Å². The highest BCUT2D eigenvalue weighted by Crippen LogP contribution is 2.42. The summed E-state index contributed by atoms with van der Waals surface area (Å²) < 4.78 is 4.63. The SMILES string of the molecule is CC1=C(CC/C(C)=C/CC/C(=C\C=C\C2=CC(=O)O[C@H]2O)CO)C(C)(C)CCC1. The molecule has 0 saturated heterocycles. The first-order valence-electron chi connectivity index (χ1n) is 10.6. The van der Waals surface area contributed by atoms with Gasteiger partial charge in [0.15, 0.2) is 0 Å². The van der Waals surface area contributed by atoms with Gasteiger partial charge in [-0.05, 0) is 69.8 Å². The van der Waals surface area contributed by atoms with E-state index in [1.54, 1.807) is 23.3 Å². The van der Waals surface area contributed by atoms with Gasteiger partial charge in [0.05, 0.1) is 6.61 Å². The highest BCUT2D eigenvalue weighted by Gasteiger charge is 2.27. The molecule has 0 amide bonds. The summed E-state index contributed by atoms with van der Waals surface area (Å²) in [6.45, 7) is 9.23. The maximum absolute atomic E-state index is 11.1. The van der Waals surface area contributed by atoms with Gasteiger partial charge in [-0.2, -0.15) is 0 Å². The van der Waals surface area contributed by atoms with E-state index < -0.39 is 12.3 Å². The standard InChI is InChI=1S/C25H36O4/c1-18(13-14-22-19(2)9-7-15-25(22,3)4)8-5-10-20(17-26)11-6-12-21-16-23(27)29-24(21)28/h6,8,11-12,16,24,26,28H,5,7,9-10,13-15,17H2,1-4H3/b12-6+,18-8+,20-11+/t24-/m1/s1. The second-order valence-corrected chi connectivity index (χ2v) is 8.86. The van der Waals surface area contributed by atoms with E-state index in [4.69, 9.17) is 0 Å². The van der Waals surface area contributed by atoms with Gasteiger partial charge in [0, 0.05) is 11.6 Å². The molecule has 4 heteroatoms. The maximum Gasteiger partial charge on any atom is 0.333 e. The molecule has 0 unspecified atom stereocenters. The average Bonchev–Trinajstić information content (AvgIpc) is 2.96. The van der Waals surface area contributed by atoms with E-state index in [1.165, 1.54) is 30.9 Å². The Morgan fingerprint density at radius 3 is 2.72 bits per heavy atom. The van der Waals surface area contributed by atoms with Gasteiger partial charge in [-0.25, -0.2) is 4.79 Å². The van der Waals surface area contributed by atoms with Crippen LogP contribution in [0.1, 0.15) is 72.6 Å². The van der Waals surface area contributed by atoms with Crippen LogP contribution in [0.2, 0.25) is 0 Å². The lowest BCUT2D eigenvalue weighted by atomic mass is 9.71. The molecule has 0 spiro atoms.